The van der Waals surface area contributed by atoms with E-state index in [1.165, 1.54) is 7.11 Å². The largest absolute Gasteiger partial charge is 0.465 e. The van der Waals surface area contributed by atoms with E-state index < -0.39 is 15.8 Å². The van der Waals surface area contributed by atoms with Crippen LogP contribution in [0.2, 0.25) is 5.02 Å². The molecule has 0 aliphatic carbocycles. The minimum atomic E-state index is -3.66. The van der Waals surface area contributed by atoms with E-state index in [9.17, 15) is 13.2 Å². The second kappa shape index (κ2) is 14.0. The molecule has 1 heterocycles. The van der Waals surface area contributed by atoms with Gasteiger partial charge in [-0.3, -0.25) is 0 Å². The number of nitrogens with two attached hydrogens (primary N) is 1. The van der Waals surface area contributed by atoms with Gasteiger partial charge in [0, 0.05) is 28.0 Å². The summed E-state index contributed by atoms with van der Waals surface area (Å²) in [4.78, 5) is 12.2. The fraction of sp³-hybridized carbons (Fsp3) is 0.154. The van der Waals surface area contributed by atoms with Crippen LogP contribution >= 0.6 is 11.6 Å². The molecule has 5 aromatic carbocycles. The minimum Gasteiger partial charge on any atom is -0.465 e. The number of halogens is 1. The Morgan fingerprint density at radius 2 is 1.45 bits per heavy atom. The van der Waals surface area contributed by atoms with Crippen molar-refractivity contribution in [3.63, 3.8) is 0 Å². The summed E-state index contributed by atoms with van der Waals surface area (Å²) in [5.41, 5.74) is 13.4. The molecule has 0 bridgehead atoms. The van der Waals surface area contributed by atoms with Gasteiger partial charge in [-0.25, -0.2) is 13.2 Å². The van der Waals surface area contributed by atoms with Crippen molar-refractivity contribution < 1.29 is 17.9 Å². The molecule has 1 aromatic heterocycles. The zero-order valence-electron chi connectivity index (χ0n) is 26.0. The predicted octanol–water partition coefficient (Wildman–Crippen LogP) is 7.90. The van der Waals surface area contributed by atoms with E-state index >= 15 is 0 Å². The number of hydrogen-bond donors (Lipinski definition) is 1. The molecule has 6 nitrogen and oxygen atoms in total. The summed E-state index contributed by atoms with van der Waals surface area (Å²) in [7, 11) is -2.32. The molecule has 0 saturated carbocycles. The molecule has 0 fully saturated rings. The molecule has 0 radical (unpaired) electrons. The Bertz CT molecular complexity index is 2090. The maximum absolute atomic E-state index is 13.8. The normalized spacial score (nSPS) is 11.7. The van der Waals surface area contributed by atoms with Gasteiger partial charge in [0.25, 0.3) is 0 Å². The number of fused-ring (bicyclic) bond motifs is 1. The smallest absolute Gasteiger partial charge is 0.337 e. The third-order valence-corrected chi connectivity index (χ3v) is 10.5. The number of esters is 1. The van der Waals surface area contributed by atoms with Crippen molar-refractivity contribution in [2.24, 2.45) is 5.73 Å². The minimum absolute atomic E-state index is 0.0886. The Hall–Kier alpha value is -4.69. The van der Waals surface area contributed by atoms with Crippen LogP contribution in [0.5, 0.6) is 0 Å². The molecule has 0 unspecified atom stereocenters. The molecule has 6 aromatic rings. The molecule has 0 saturated heterocycles. The SMILES string of the molecule is COC(=O)c1cccc(-c2ccc(S(=O)(=O)CCc3c(CCN)n(C(c4ccccc4)c4ccccc4)c4ccc(Cl)cc34)cc2)c1. The number of carbonyl (C=O) groups is 1. The van der Waals surface area contributed by atoms with Gasteiger partial charge in [0.1, 0.15) is 0 Å². The molecule has 0 aliphatic rings. The standard InChI is InChI=1S/C39H35ClN2O4S/c1-46-39(43)31-14-8-13-30(25-31)27-15-18-33(19-16-27)47(44,45)24-22-34-35-26-32(40)17-20-36(35)42(37(34)21-23-41)38(28-9-4-2-5-10-28)29-11-6-3-7-12-29/h2-20,25-26,38H,21-24,41H2,1H3. The number of aryl methyl sites for hydroxylation is 1. The molecule has 8 heteroatoms. The van der Waals surface area contributed by atoms with Crippen molar-refractivity contribution in [2.75, 3.05) is 19.4 Å². The van der Waals surface area contributed by atoms with E-state index in [1.54, 1.807) is 42.5 Å². The average Bonchev–Trinajstić information content (AvgIpc) is 3.39. The molecule has 0 amide bonds. The summed E-state index contributed by atoms with van der Waals surface area (Å²) in [6.07, 6.45) is 0.859. The van der Waals surface area contributed by atoms with E-state index in [0.717, 1.165) is 44.4 Å². The third kappa shape index (κ3) is 6.74. The number of aromatic nitrogens is 1. The number of hydrogen-bond acceptors (Lipinski definition) is 5. The van der Waals surface area contributed by atoms with E-state index in [4.69, 9.17) is 22.1 Å². The molecule has 2 N–H and O–H groups in total. The molecule has 238 valence electrons. The van der Waals surface area contributed by atoms with Crippen LogP contribution in [-0.2, 0) is 27.4 Å². The van der Waals surface area contributed by atoms with Crippen LogP contribution in [0.4, 0.5) is 0 Å². The number of rotatable bonds is 11. The quantitative estimate of drug-likeness (QED) is 0.142. The van der Waals surface area contributed by atoms with Gasteiger partial charge in [-0.2, -0.15) is 0 Å². The number of benzene rings is 5. The highest BCUT2D eigenvalue weighted by molar-refractivity contribution is 7.91. The zero-order chi connectivity index (χ0) is 33.0. The number of methoxy groups -OCH3 is 1. The highest BCUT2D eigenvalue weighted by atomic mass is 35.5. The van der Waals surface area contributed by atoms with Crippen molar-refractivity contribution in [2.45, 2.75) is 23.8 Å². The molecule has 6 rings (SSSR count). The van der Waals surface area contributed by atoms with Gasteiger partial charge in [0.05, 0.1) is 29.4 Å². The monoisotopic (exact) mass is 662 g/mol. The summed E-state index contributed by atoms with van der Waals surface area (Å²) in [5, 5.41) is 1.51. The second-order valence-corrected chi connectivity index (χ2v) is 13.9. The first-order valence-corrected chi connectivity index (χ1v) is 17.5. The summed E-state index contributed by atoms with van der Waals surface area (Å²) >= 11 is 6.55. The highest BCUT2D eigenvalue weighted by Gasteiger charge is 2.26. The van der Waals surface area contributed by atoms with E-state index in [1.807, 2.05) is 60.7 Å². The van der Waals surface area contributed by atoms with Gasteiger partial charge in [-0.05, 0) is 83.2 Å². The Kier molecular flexibility index (Phi) is 9.59. The van der Waals surface area contributed by atoms with Crippen molar-refractivity contribution >= 4 is 38.3 Å². The first-order chi connectivity index (χ1) is 22.8. The van der Waals surface area contributed by atoms with Gasteiger partial charge < -0.3 is 15.0 Å². The average molecular weight is 663 g/mol. The number of ether oxygens (including phenoxy) is 1. The lowest BCUT2D eigenvalue weighted by Crippen LogP contribution is -2.18. The van der Waals surface area contributed by atoms with Crippen LogP contribution in [0, 0.1) is 0 Å². The zero-order valence-corrected chi connectivity index (χ0v) is 27.5. The number of carbonyl (C=O) groups excluding carboxylic acids is 1. The van der Waals surface area contributed by atoms with Gasteiger partial charge in [-0.15, -0.1) is 0 Å². The topological polar surface area (TPSA) is 91.4 Å². The first-order valence-electron chi connectivity index (χ1n) is 15.4. The van der Waals surface area contributed by atoms with Gasteiger partial charge >= 0.3 is 5.97 Å². The van der Waals surface area contributed by atoms with Crippen LogP contribution in [0.1, 0.15) is 38.8 Å². The van der Waals surface area contributed by atoms with Gasteiger partial charge in [0.15, 0.2) is 9.84 Å². The summed E-state index contributed by atoms with van der Waals surface area (Å²) in [5.74, 6) is -0.518. The van der Waals surface area contributed by atoms with Crippen LogP contribution in [-0.4, -0.2) is 38.4 Å². The van der Waals surface area contributed by atoms with Crippen molar-refractivity contribution in [1.29, 1.82) is 0 Å². The van der Waals surface area contributed by atoms with Crippen LogP contribution < -0.4 is 5.73 Å². The van der Waals surface area contributed by atoms with E-state index in [2.05, 4.69) is 28.8 Å². The third-order valence-electron chi connectivity index (χ3n) is 8.50. The first kappa shape index (κ1) is 32.3. The highest BCUT2D eigenvalue weighted by Crippen LogP contribution is 2.38. The predicted molar refractivity (Wildman–Crippen MR) is 189 cm³/mol. The maximum atomic E-state index is 13.8. The van der Waals surface area contributed by atoms with Crippen molar-refractivity contribution in [3.05, 3.63) is 160 Å². The maximum Gasteiger partial charge on any atom is 0.337 e. The molecule has 0 spiro atoms. The fourth-order valence-electron chi connectivity index (χ4n) is 6.30. The molecule has 47 heavy (non-hydrogen) atoms. The van der Waals surface area contributed by atoms with Crippen molar-refractivity contribution in [1.82, 2.24) is 4.57 Å². The van der Waals surface area contributed by atoms with Gasteiger partial charge in [-0.1, -0.05) is 96.5 Å². The summed E-state index contributed by atoms with van der Waals surface area (Å²) in [6, 6.07) is 40.1. The molecule has 0 aliphatic heterocycles. The van der Waals surface area contributed by atoms with E-state index in [0.29, 0.717) is 30.0 Å². The Labute approximate surface area is 280 Å². The lowest BCUT2D eigenvalue weighted by molar-refractivity contribution is 0.0600. The molecular weight excluding hydrogens is 628 g/mol. The Morgan fingerprint density at radius 1 is 0.787 bits per heavy atom. The van der Waals surface area contributed by atoms with Gasteiger partial charge in [0.2, 0.25) is 0 Å². The van der Waals surface area contributed by atoms with Crippen molar-refractivity contribution in [3.8, 4) is 11.1 Å². The Morgan fingerprint density at radius 3 is 2.06 bits per heavy atom. The summed E-state index contributed by atoms with van der Waals surface area (Å²) in [6.45, 7) is 0.402. The lowest BCUT2D eigenvalue weighted by atomic mass is 9.97. The molecular formula is C39H35ClN2O4S. The number of sulfone groups is 1. The molecule has 0 atom stereocenters. The van der Waals surface area contributed by atoms with Crippen LogP contribution in [0.3, 0.4) is 0 Å². The Balaban J connectivity index is 1.38. The van der Waals surface area contributed by atoms with E-state index in [-0.39, 0.29) is 16.7 Å². The number of nitrogens with zero attached hydrogens (tertiary/aromatic N) is 1. The second-order valence-electron chi connectivity index (χ2n) is 11.4. The lowest BCUT2D eigenvalue weighted by Gasteiger charge is -2.25. The fourth-order valence-corrected chi connectivity index (χ4v) is 7.73. The van der Waals surface area contributed by atoms with Crippen LogP contribution in [0.15, 0.2) is 132 Å². The van der Waals surface area contributed by atoms with Crippen LogP contribution in [0.25, 0.3) is 22.0 Å². The summed E-state index contributed by atoms with van der Waals surface area (Å²) < 4.78 is 34.7.